The van der Waals surface area contributed by atoms with Crippen LogP contribution in [0.5, 0.6) is 0 Å². The number of hydrogen-bond acceptors (Lipinski definition) is 5. The zero-order valence-corrected chi connectivity index (χ0v) is 24.4. The summed E-state index contributed by atoms with van der Waals surface area (Å²) in [6.07, 6.45) is 5.74. The number of amides is 2. The Bertz CT molecular complexity index is 1260. The summed E-state index contributed by atoms with van der Waals surface area (Å²) in [6.45, 7) is 7.42. The smallest absolute Gasteiger partial charge is 0.410 e. The normalized spacial score (nSPS) is 18.5. The van der Waals surface area contributed by atoms with E-state index in [1.807, 2.05) is 20.8 Å². The van der Waals surface area contributed by atoms with Crippen molar-refractivity contribution in [2.45, 2.75) is 83.4 Å². The maximum Gasteiger partial charge on any atom is 0.410 e. The van der Waals surface area contributed by atoms with E-state index in [4.69, 9.17) is 9.73 Å². The van der Waals surface area contributed by atoms with Gasteiger partial charge in [-0.1, -0.05) is 31.0 Å². The molecule has 1 N–H and O–H groups in total. The Morgan fingerprint density at radius 3 is 2.46 bits per heavy atom. The summed E-state index contributed by atoms with van der Waals surface area (Å²) in [5, 5.41) is 2.93. The van der Waals surface area contributed by atoms with Crippen LogP contribution in [0.2, 0.25) is 0 Å². The van der Waals surface area contributed by atoms with E-state index >= 15 is 0 Å². The van der Waals surface area contributed by atoms with E-state index in [1.165, 1.54) is 11.6 Å². The predicted molar refractivity (Wildman–Crippen MR) is 154 cm³/mol. The molecule has 2 aliphatic heterocycles. The van der Waals surface area contributed by atoms with Crippen LogP contribution in [0.1, 0.15) is 86.7 Å². The Morgan fingerprint density at radius 1 is 1.08 bits per heavy atom. The molecule has 2 heterocycles. The number of likely N-dealkylation sites (tertiary alicyclic amines) is 1. The second-order valence-corrected chi connectivity index (χ2v) is 12.5. The van der Waals surface area contributed by atoms with Crippen molar-refractivity contribution in [3.63, 3.8) is 0 Å². The molecule has 1 saturated heterocycles. The first kappa shape index (κ1) is 27.6. The maximum atomic E-state index is 14.5. The van der Waals surface area contributed by atoms with Crippen LogP contribution in [0.15, 0.2) is 45.9 Å². The number of hydrogen-bond donors (Lipinski definition) is 1. The molecule has 0 unspecified atom stereocenters. The minimum Gasteiger partial charge on any atom is -0.444 e. The summed E-state index contributed by atoms with van der Waals surface area (Å²) in [7, 11) is 0. The van der Waals surface area contributed by atoms with Crippen LogP contribution in [0, 0.1) is 5.82 Å². The highest BCUT2D eigenvalue weighted by atomic mass is 79.9. The monoisotopic (exact) mass is 598 g/mol. The number of halogens is 2. The minimum atomic E-state index is -0.578. The number of fused-ring (bicyclic) bond motifs is 1. The molecule has 2 aromatic carbocycles. The van der Waals surface area contributed by atoms with Gasteiger partial charge in [0.1, 0.15) is 11.4 Å². The molecule has 39 heavy (non-hydrogen) atoms. The lowest BCUT2D eigenvalue weighted by molar-refractivity contribution is 0.0204. The van der Waals surface area contributed by atoms with Gasteiger partial charge in [-0.3, -0.25) is 10.1 Å². The summed E-state index contributed by atoms with van der Waals surface area (Å²) in [5.74, 6) is -0.293. The van der Waals surface area contributed by atoms with Gasteiger partial charge in [-0.25, -0.2) is 14.2 Å². The average Bonchev–Trinajstić information content (AvgIpc) is 3.42. The third kappa shape index (κ3) is 6.13. The first-order chi connectivity index (χ1) is 18.6. The third-order valence-electron chi connectivity index (χ3n) is 7.72. The van der Waals surface area contributed by atoms with Gasteiger partial charge >= 0.3 is 6.09 Å². The maximum absolute atomic E-state index is 14.5. The van der Waals surface area contributed by atoms with Crippen molar-refractivity contribution in [1.82, 2.24) is 10.2 Å². The molecular weight excluding hydrogens is 563 g/mol. The quantitative estimate of drug-likeness (QED) is 0.424. The molecule has 0 atom stereocenters. The van der Waals surface area contributed by atoms with Gasteiger partial charge in [0.25, 0.3) is 5.91 Å². The highest BCUT2D eigenvalue weighted by Crippen LogP contribution is 2.38. The Labute approximate surface area is 237 Å². The molecule has 1 aliphatic carbocycles. The van der Waals surface area contributed by atoms with E-state index in [-0.39, 0.29) is 17.7 Å². The van der Waals surface area contributed by atoms with Gasteiger partial charge in [0, 0.05) is 29.3 Å². The fourth-order valence-corrected chi connectivity index (χ4v) is 6.30. The summed E-state index contributed by atoms with van der Waals surface area (Å²) in [4.78, 5) is 34.4. The number of nitrogens with zero attached hydrogens (tertiary/aromatic N) is 3. The molecule has 5 rings (SSSR count). The largest absolute Gasteiger partial charge is 0.444 e. The van der Waals surface area contributed by atoms with Crippen LogP contribution in [-0.4, -0.2) is 47.6 Å². The Kier molecular flexibility index (Phi) is 7.99. The van der Waals surface area contributed by atoms with Gasteiger partial charge in [0.2, 0.25) is 5.96 Å². The van der Waals surface area contributed by atoms with Gasteiger partial charge < -0.3 is 14.5 Å². The molecule has 0 aromatic heterocycles. The highest BCUT2D eigenvalue weighted by Gasteiger charge is 2.34. The number of carbonyl (C=O) groups excluding carboxylic acids is 2. The summed E-state index contributed by atoms with van der Waals surface area (Å²) in [6, 6.07) is 11.3. The highest BCUT2D eigenvalue weighted by molar-refractivity contribution is 9.10. The van der Waals surface area contributed by atoms with Crippen LogP contribution >= 0.6 is 15.9 Å². The van der Waals surface area contributed by atoms with Crippen molar-refractivity contribution < 1.29 is 18.7 Å². The van der Waals surface area contributed by atoms with E-state index in [0.717, 1.165) is 49.8 Å². The SMILES string of the molecule is CC(C)(C)OC(=O)N1CCC(c2ccc3c(c2)N(C2CCCC2)C(NC(=O)c2c(F)cccc2Br)=NC3)CC1. The van der Waals surface area contributed by atoms with E-state index in [9.17, 15) is 14.0 Å². The molecule has 0 spiro atoms. The second kappa shape index (κ2) is 11.3. The zero-order chi connectivity index (χ0) is 27.7. The summed E-state index contributed by atoms with van der Waals surface area (Å²) < 4.78 is 20.5. The van der Waals surface area contributed by atoms with E-state index in [2.05, 4.69) is 44.3 Å². The number of piperidine rings is 1. The van der Waals surface area contributed by atoms with E-state index < -0.39 is 17.3 Å². The number of benzene rings is 2. The number of nitrogens with one attached hydrogen (secondary N) is 1. The lowest BCUT2D eigenvalue weighted by atomic mass is 9.88. The molecule has 2 aromatic rings. The second-order valence-electron chi connectivity index (χ2n) is 11.6. The molecular formula is C30H36BrFN4O3. The molecule has 2 fully saturated rings. The Balaban J connectivity index is 1.36. The lowest BCUT2D eigenvalue weighted by Crippen LogP contribution is -2.50. The number of carbonyl (C=O) groups is 2. The summed E-state index contributed by atoms with van der Waals surface area (Å²) >= 11 is 3.31. The molecule has 0 bridgehead atoms. The summed E-state index contributed by atoms with van der Waals surface area (Å²) in [5.41, 5.74) is 2.87. The molecule has 1 saturated carbocycles. The zero-order valence-electron chi connectivity index (χ0n) is 22.8. The van der Waals surface area contributed by atoms with Crippen molar-refractivity contribution in [1.29, 1.82) is 0 Å². The Morgan fingerprint density at radius 2 is 1.79 bits per heavy atom. The lowest BCUT2D eigenvalue weighted by Gasteiger charge is -2.37. The van der Waals surface area contributed by atoms with Gasteiger partial charge in [-0.05, 0) is 97.6 Å². The number of rotatable bonds is 3. The minimum absolute atomic E-state index is 0.0251. The van der Waals surface area contributed by atoms with Crippen molar-refractivity contribution in [2.75, 3.05) is 18.0 Å². The molecule has 0 radical (unpaired) electrons. The molecule has 2 amide bonds. The van der Waals surface area contributed by atoms with Crippen LogP contribution in [-0.2, 0) is 11.3 Å². The molecule has 9 heteroatoms. The number of ether oxygens (including phenoxy) is 1. The average molecular weight is 600 g/mol. The standard InChI is InChI=1S/C30H36BrFN4O3/c1-30(2,3)39-29(38)35-15-13-19(14-16-35)20-11-12-21-18-33-28(36(25(21)17-20)22-7-4-5-8-22)34-27(37)26-23(31)9-6-10-24(26)32/h6,9-12,17,19,22H,4-5,7-8,13-16,18H2,1-3H3,(H,33,34,37). The van der Waals surface area contributed by atoms with Crippen molar-refractivity contribution >= 4 is 39.6 Å². The van der Waals surface area contributed by atoms with Gasteiger partial charge in [0.05, 0.1) is 12.1 Å². The van der Waals surface area contributed by atoms with Gasteiger partial charge in [0.15, 0.2) is 0 Å². The first-order valence-corrected chi connectivity index (χ1v) is 14.6. The topological polar surface area (TPSA) is 74.2 Å². The molecule has 3 aliphatic rings. The van der Waals surface area contributed by atoms with Crippen molar-refractivity contribution in [2.24, 2.45) is 4.99 Å². The number of guanidine groups is 1. The third-order valence-corrected chi connectivity index (χ3v) is 8.38. The van der Waals surface area contributed by atoms with Crippen LogP contribution in [0.4, 0.5) is 14.9 Å². The van der Waals surface area contributed by atoms with Crippen LogP contribution in [0.25, 0.3) is 0 Å². The van der Waals surface area contributed by atoms with Gasteiger partial charge in [-0.2, -0.15) is 0 Å². The number of aliphatic imine (C=N–C) groups is 1. The van der Waals surface area contributed by atoms with E-state index in [0.29, 0.717) is 36.0 Å². The van der Waals surface area contributed by atoms with E-state index in [1.54, 1.807) is 17.0 Å². The van der Waals surface area contributed by atoms with Crippen molar-refractivity contribution in [3.05, 3.63) is 63.4 Å². The predicted octanol–water partition coefficient (Wildman–Crippen LogP) is 6.75. The Hall–Kier alpha value is -2.94. The molecule has 208 valence electrons. The first-order valence-electron chi connectivity index (χ1n) is 13.8. The van der Waals surface area contributed by atoms with Crippen LogP contribution < -0.4 is 10.2 Å². The van der Waals surface area contributed by atoms with Gasteiger partial charge in [-0.15, -0.1) is 0 Å². The fourth-order valence-electron chi connectivity index (χ4n) is 5.78. The van der Waals surface area contributed by atoms with Crippen LogP contribution in [0.3, 0.4) is 0 Å². The molecule has 7 nitrogen and oxygen atoms in total. The van der Waals surface area contributed by atoms with Crippen molar-refractivity contribution in [3.8, 4) is 0 Å². The fraction of sp³-hybridized carbons (Fsp3) is 0.500. The number of anilines is 1.